The molecule has 0 saturated carbocycles. The summed E-state index contributed by atoms with van der Waals surface area (Å²) in [5.74, 6) is 0.339. The summed E-state index contributed by atoms with van der Waals surface area (Å²) in [7, 11) is 3.48. The van der Waals surface area contributed by atoms with Crippen molar-refractivity contribution in [3.63, 3.8) is 0 Å². The molecule has 2 fully saturated rings. The van der Waals surface area contributed by atoms with Gasteiger partial charge in [0.05, 0.1) is 36.1 Å². The van der Waals surface area contributed by atoms with Crippen molar-refractivity contribution in [1.29, 1.82) is 0 Å². The molecule has 3 aromatic carbocycles. The second kappa shape index (κ2) is 9.30. The average Bonchev–Trinajstić information content (AvgIpc) is 3.38. The molecule has 1 aromatic heterocycles. The van der Waals surface area contributed by atoms with E-state index in [1.54, 1.807) is 0 Å². The summed E-state index contributed by atoms with van der Waals surface area (Å²) in [6, 6.07) is 22.8. The molecule has 0 bridgehead atoms. The van der Waals surface area contributed by atoms with Crippen molar-refractivity contribution in [3.8, 4) is 0 Å². The summed E-state index contributed by atoms with van der Waals surface area (Å²) >= 11 is 0. The Bertz CT molecular complexity index is 1480. The molecule has 3 heterocycles. The molecule has 2 saturated heterocycles. The van der Waals surface area contributed by atoms with Crippen LogP contribution in [0.1, 0.15) is 30.7 Å². The number of esters is 1. The highest BCUT2D eigenvalue weighted by Gasteiger charge is 2.57. The molecule has 2 aliphatic rings. The first-order chi connectivity index (χ1) is 18.0. The lowest BCUT2D eigenvalue weighted by Gasteiger charge is -2.47. The van der Waals surface area contributed by atoms with Crippen LogP contribution in [0.5, 0.6) is 0 Å². The van der Waals surface area contributed by atoms with Gasteiger partial charge in [0, 0.05) is 33.1 Å². The van der Waals surface area contributed by atoms with E-state index in [4.69, 9.17) is 9.72 Å². The van der Waals surface area contributed by atoms with E-state index in [2.05, 4.69) is 52.9 Å². The summed E-state index contributed by atoms with van der Waals surface area (Å²) in [4.78, 5) is 35.5. The quantitative estimate of drug-likeness (QED) is 0.386. The fourth-order valence-corrected chi connectivity index (χ4v) is 6.38. The summed E-state index contributed by atoms with van der Waals surface area (Å²) < 4.78 is 7.35. The van der Waals surface area contributed by atoms with E-state index in [0.29, 0.717) is 6.54 Å². The van der Waals surface area contributed by atoms with Crippen LogP contribution in [-0.2, 0) is 34.5 Å². The molecule has 7 heteroatoms. The Hall–Kier alpha value is -3.71. The van der Waals surface area contributed by atoms with Crippen LogP contribution in [0.2, 0.25) is 0 Å². The minimum Gasteiger partial charge on any atom is -0.469 e. The molecule has 1 unspecified atom stereocenters. The van der Waals surface area contributed by atoms with Gasteiger partial charge in [-0.05, 0) is 47.4 Å². The number of carbonyl (C=O) groups excluding carboxylic acids is 2. The van der Waals surface area contributed by atoms with Crippen molar-refractivity contribution < 1.29 is 14.3 Å². The topological polar surface area (TPSA) is 67.7 Å². The van der Waals surface area contributed by atoms with E-state index in [1.807, 2.05) is 35.2 Å². The van der Waals surface area contributed by atoms with Crippen molar-refractivity contribution in [1.82, 2.24) is 19.4 Å². The zero-order valence-electron chi connectivity index (χ0n) is 21.4. The van der Waals surface area contributed by atoms with Gasteiger partial charge in [-0.2, -0.15) is 0 Å². The van der Waals surface area contributed by atoms with Crippen LogP contribution in [0.3, 0.4) is 0 Å². The third-order valence-electron chi connectivity index (χ3n) is 8.47. The lowest BCUT2D eigenvalue weighted by Crippen LogP contribution is -2.57. The number of amides is 1. The number of aromatic nitrogens is 2. The summed E-state index contributed by atoms with van der Waals surface area (Å²) in [6.45, 7) is 2.82. The van der Waals surface area contributed by atoms with E-state index in [-0.39, 0.29) is 18.3 Å². The third kappa shape index (κ3) is 4.07. The van der Waals surface area contributed by atoms with Gasteiger partial charge in [0.15, 0.2) is 0 Å². The number of nitrogens with zero attached hydrogens (tertiary/aromatic N) is 4. The van der Waals surface area contributed by atoms with Crippen LogP contribution in [0.15, 0.2) is 66.7 Å². The molecule has 37 heavy (non-hydrogen) atoms. The maximum Gasteiger partial charge on any atom is 0.311 e. The highest BCUT2D eigenvalue weighted by atomic mass is 16.5. The molecule has 190 valence electrons. The van der Waals surface area contributed by atoms with Crippen LogP contribution in [-0.4, -0.2) is 57.0 Å². The molecule has 0 radical (unpaired) electrons. The van der Waals surface area contributed by atoms with Gasteiger partial charge in [0.2, 0.25) is 5.91 Å². The van der Waals surface area contributed by atoms with E-state index in [0.717, 1.165) is 60.3 Å². The smallest absolute Gasteiger partial charge is 0.311 e. The molecule has 4 aromatic rings. The van der Waals surface area contributed by atoms with Crippen molar-refractivity contribution >= 4 is 33.7 Å². The van der Waals surface area contributed by atoms with E-state index in [9.17, 15) is 9.59 Å². The van der Waals surface area contributed by atoms with E-state index >= 15 is 0 Å². The van der Waals surface area contributed by atoms with Gasteiger partial charge in [-0.3, -0.25) is 14.5 Å². The van der Waals surface area contributed by atoms with Crippen LogP contribution < -0.4 is 0 Å². The van der Waals surface area contributed by atoms with E-state index in [1.165, 1.54) is 12.5 Å². The number of methoxy groups -OCH3 is 1. The first-order valence-corrected chi connectivity index (χ1v) is 13.0. The molecule has 7 nitrogen and oxygen atoms in total. The van der Waals surface area contributed by atoms with Gasteiger partial charge in [-0.25, -0.2) is 4.98 Å². The van der Waals surface area contributed by atoms with Crippen molar-refractivity contribution in [2.45, 2.75) is 37.9 Å². The van der Waals surface area contributed by atoms with Crippen LogP contribution in [0, 0.1) is 5.92 Å². The van der Waals surface area contributed by atoms with Gasteiger partial charge in [-0.15, -0.1) is 0 Å². The Morgan fingerprint density at radius 2 is 1.73 bits per heavy atom. The minimum atomic E-state index is -0.529. The minimum absolute atomic E-state index is 0.0346. The number of para-hydroxylation sites is 2. The molecule has 1 spiro atoms. The van der Waals surface area contributed by atoms with Crippen LogP contribution in [0.25, 0.3) is 21.8 Å². The molecular weight excluding hydrogens is 464 g/mol. The second-order valence-corrected chi connectivity index (χ2v) is 10.4. The standard InChI is InChI=1S/C30H32N4O3/c1-32-26-10-6-5-9-25(26)31-27(32)20-33-15-13-30(14-16-33)24(29(36)37-2)18-28(35)34(30)19-21-11-12-22-7-3-4-8-23(22)17-21/h3-12,17,24H,13-16,18-20H2,1-2H3. The number of ether oxygens (including phenoxy) is 1. The Kier molecular flexibility index (Phi) is 5.95. The lowest BCUT2D eigenvalue weighted by molar-refractivity contribution is -0.150. The summed E-state index contributed by atoms with van der Waals surface area (Å²) in [5.41, 5.74) is 2.68. The average molecular weight is 497 g/mol. The number of hydrogen-bond donors (Lipinski definition) is 0. The number of imidazole rings is 1. The Morgan fingerprint density at radius 1 is 1.00 bits per heavy atom. The maximum atomic E-state index is 13.4. The predicted molar refractivity (Wildman–Crippen MR) is 143 cm³/mol. The highest BCUT2D eigenvalue weighted by Crippen LogP contribution is 2.45. The molecular formula is C30H32N4O3. The molecule has 6 rings (SSSR count). The zero-order valence-corrected chi connectivity index (χ0v) is 21.4. The normalized spacial score (nSPS) is 19.8. The zero-order chi connectivity index (χ0) is 25.6. The van der Waals surface area contributed by atoms with Gasteiger partial charge in [-0.1, -0.05) is 48.5 Å². The number of rotatable bonds is 5. The lowest BCUT2D eigenvalue weighted by atomic mass is 9.76. The monoisotopic (exact) mass is 496 g/mol. The highest BCUT2D eigenvalue weighted by molar-refractivity contribution is 5.89. The Balaban J connectivity index is 1.25. The summed E-state index contributed by atoms with van der Waals surface area (Å²) in [6.07, 6.45) is 1.68. The van der Waals surface area contributed by atoms with E-state index < -0.39 is 11.5 Å². The predicted octanol–water partition coefficient (Wildman–Crippen LogP) is 4.28. The number of aryl methyl sites for hydroxylation is 1. The SMILES string of the molecule is COC(=O)C1CC(=O)N(Cc2ccc3ccccc3c2)C12CCN(Cc1nc3ccccc3n1C)CC2. The molecule has 1 atom stereocenters. The maximum absolute atomic E-state index is 13.4. The van der Waals surface area contributed by atoms with Crippen molar-refractivity contribution in [2.75, 3.05) is 20.2 Å². The molecule has 0 aliphatic carbocycles. The first-order valence-electron chi connectivity index (χ1n) is 13.0. The molecule has 1 amide bonds. The summed E-state index contributed by atoms with van der Waals surface area (Å²) in [5, 5.41) is 2.33. The van der Waals surface area contributed by atoms with Crippen molar-refractivity contribution in [3.05, 3.63) is 78.1 Å². The Labute approximate surface area is 216 Å². The number of hydrogen-bond acceptors (Lipinski definition) is 5. The van der Waals surface area contributed by atoms with Gasteiger partial charge >= 0.3 is 5.97 Å². The van der Waals surface area contributed by atoms with Gasteiger partial charge < -0.3 is 14.2 Å². The Morgan fingerprint density at radius 3 is 2.49 bits per heavy atom. The molecule has 0 N–H and O–H groups in total. The third-order valence-corrected chi connectivity index (χ3v) is 8.47. The van der Waals surface area contributed by atoms with Gasteiger partial charge in [0.25, 0.3) is 0 Å². The fourth-order valence-electron chi connectivity index (χ4n) is 6.38. The first kappa shape index (κ1) is 23.7. The van der Waals surface area contributed by atoms with Crippen molar-refractivity contribution in [2.24, 2.45) is 13.0 Å². The molecule has 2 aliphatic heterocycles. The number of fused-ring (bicyclic) bond motifs is 2. The number of likely N-dealkylation sites (tertiary alicyclic amines) is 2. The number of piperidine rings is 1. The van der Waals surface area contributed by atoms with Crippen LogP contribution in [0.4, 0.5) is 0 Å². The number of carbonyl (C=O) groups is 2. The number of benzene rings is 3. The second-order valence-electron chi connectivity index (χ2n) is 10.4. The van der Waals surface area contributed by atoms with Gasteiger partial charge in [0.1, 0.15) is 5.82 Å². The fraction of sp³-hybridized carbons (Fsp3) is 0.367. The van der Waals surface area contributed by atoms with Crippen LogP contribution >= 0.6 is 0 Å². The largest absolute Gasteiger partial charge is 0.469 e.